The van der Waals surface area contributed by atoms with Gasteiger partial charge < -0.3 is 17.7 Å². The smallest absolute Gasteiger partial charge is 0.335 e. The first kappa shape index (κ1) is 28.3. The highest BCUT2D eigenvalue weighted by Gasteiger charge is 2.41. The summed E-state index contributed by atoms with van der Waals surface area (Å²) < 4.78 is 25.8. The van der Waals surface area contributed by atoms with E-state index >= 15 is 0 Å². The van der Waals surface area contributed by atoms with Crippen molar-refractivity contribution < 1.29 is 17.7 Å². The van der Waals surface area contributed by atoms with E-state index in [0.717, 1.165) is 24.9 Å². The van der Waals surface area contributed by atoms with Gasteiger partial charge in [0.2, 0.25) is 0 Å². The minimum absolute atomic E-state index is 0.194. The van der Waals surface area contributed by atoms with Crippen LogP contribution in [0.15, 0.2) is 0 Å². The molecule has 0 N–H and O–H groups in total. The van der Waals surface area contributed by atoms with Gasteiger partial charge in [-0.25, -0.2) is 0 Å². The summed E-state index contributed by atoms with van der Waals surface area (Å²) in [7, 11) is -4.55. The fraction of sp³-hybridized carbons (Fsp3) is 1.00. The molecule has 0 amide bonds. The molecule has 0 aliphatic carbocycles. The van der Waals surface area contributed by atoms with Crippen LogP contribution >= 0.6 is 0 Å². The van der Waals surface area contributed by atoms with Gasteiger partial charge in [-0.1, -0.05) is 12.8 Å². The fourth-order valence-corrected chi connectivity index (χ4v) is 11.2. The Kier molecular flexibility index (Phi) is 9.70. The van der Waals surface area contributed by atoms with Crippen molar-refractivity contribution in [1.82, 2.24) is 0 Å². The predicted octanol–water partition coefficient (Wildman–Crippen LogP) is 7.17. The number of hydrogen-bond acceptors (Lipinski definition) is 4. The largest absolute Gasteiger partial charge is 0.389 e. The lowest BCUT2D eigenvalue weighted by Gasteiger charge is -2.40. The Bertz CT molecular complexity index is 389. The molecule has 0 saturated carbocycles. The van der Waals surface area contributed by atoms with Crippen molar-refractivity contribution >= 4 is 17.1 Å². The molecule has 0 spiro atoms. The normalized spacial score (nSPS) is 15.2. The third kappa shape index (κ3) is 15.2. The van der Waals surface area contributed by atoms with Gasteiger partial charge in [0.25, 0.3) is 0 Å². The van der Waals surface area contributed by atoms with Crippen LogP contribution in [0.25, 0.3) is 0 Å². The van der Waals surface area contributed by atoms with Crippen LogP contribution in [0.3, 0.4) is 0 Å². The molecular weight excluding hydrogens is 384 g/mol. The van der Waals surface area contributed by atoms with Gasteiger partial charge in [-0.15, -0.1) is 0 Å². The molecule has 0 aromatic carbocycles. The standard InChI is InChI=1S/C22H50O4Si2/c1-19(2,3)23-27(13,24-20(4,5)6)17-15-16-18-28(14,25-21(7,8)9)26-22(10,11)12/h15-18H2,1-14H3. The van der Waals surface area contributed by atoms with Gasteiger partial charge in [0.1, 0.15) is 0 Å². The van der Waals surface area contributed by atoms with Crippen LogP contribution in [0.5, 0.6) is 0 Å². The highest BCUT2D eigenvalue weighted by Crippen LogP contribution is 2.32. The Labute approximate surface area is 178 Å². The van der Waals surface area contributed by atoms with E-state index in [9.17, 15) is 0 Å². The SMILES string of the molecule is CC(C)(C)O[Si](C)(CCCC[Si](C)(OC(C)(C)C)OC(C)(C)C)OC(C)(C)C. The van der Waals surface area contributed by atoms with E-state index in [2.05, 4.69) is 96.2 Å². The molecule has 170 valence electrons. The highest BCUT2D eigenvalue weighted by atomic mass is 28.4. The lowest BCUT2D eigenvalue weighted by Crippen LogP contribution is -2.50. The summed E-state index contributed by atoms with van der Waals surface area (Å²) in [6.07, 6.45) is 2.14. The summed E-state index contributed by atoms with van der Waals surface area (Å²) in [5.41, 5.74) is -0.777. The van der Waals surface area contributed by atoms with Gasteiger partial charge in [0.05, 0.1) is 22.4 Å². The van der Waals surface area contributed by atoms with Crippen LogP contribution < -0.4 is 0 Å². The molecule has 28 heavy (non-hydrogen) atoms. The molecule has 0 radical (unpaired) electrons. The monoisotopic (exact) mass is 434 g/mol. The second kappa shape index (κ2) is 9.60. The Morgan fingerprint density at radius 1 is 0.429 bits per heavy atom. The summed E-state index contributed by atoms with van der Waals surface area (Å²) in [6, 6.07) is 1.97. The third-order valence-corrected chi connectivity index (χ3v) is 10.3. The summed E-state index contributed by atoms with van der Waals surface area (Å²) in [6.45, 7) is 29.8. The summed E-state index contributed by atoms with van der Waals surface area (Å²) in [4.78, 5) is 0. The predicted molar refractivity (Wildman–Crippen MR) is 125 cm³/mol. The van der Waals surface area contributed by atoms with Crippen molar-refractivity contribution in [3.05, 3.63) is 0 Å². The lowest BCUT2D eigenvalue weighted by atomic mass is 10.2. The molecule has 0 atom stereocenters. The first-order valence-corrected chi connectivity index (χ1v) is 15.9. The van der Waals surface area contributed by atoms with Crippen molar-refractivity contribution in [2.45, 2.75) is 144 Å². The van der Waals surface area contributed by atoms with Crippen LogP contribution in [0.2, 0.25) is 25.2 Å². The van der Waals surface area contributed by atoms with Gasteiger partial charge in [-0.05, 0) is 108 Å². The van der Waals surface area contributed by atoms with Crippen LogP contribution in [0.1, 0.15) is 95.9 Å². The van der Waals surface area contributed by atoms with E-state index in [-0.39, 0.29) is 22.4 Å². The molecule has 0 unspecified atom stereocenters. The number of hydrogen-bond donors (Lipinski definition) is 0. The number of unbranched alkanes of at least 4 members (excludes halogenated alkanes) is 1. The maximum Gasteiger partial charge on any atom is 0.335 e. The molecule has 0 fully saturated rings. The minimum atomic E-state index is -2.28. The molecule has 0 aromatic rings. The third-order valence-electron chi connectivity index (χ3n) is 3.60. The number of rotatable bonds is 9. The molecule has 0 aliphatic rings. The van der Waals surface area contributed by atoms with Gasteiger partial charge in [-0.2, -0.15) is 0 Å². The van der Waals surface area contributed by atoms with E-state index in [4.69, 9.17) is 17.7 Å². The Hall–Kier alpha value is 0.274. The van der Waals surface area contributed by atoms with E-state index in [1.807, 2.05) is 0 Å². The van der Waals surface area contributed by atoms with Crippen molar-refractivity contribution in [3.63, 3.8) is 0 Å². The Balaban J connectivity index is 5.04. The first-order valence-electron chi connectivity index (χ1n) is 10.8. The molecule has 0 saturated heterocycles. The molecule has 4 nitrogen and oxygen atoms in total. The summed E-state index contributed by atoms with van der Waals surface area (Å²) >= 11 is 0. The average Bonchev–Trinajstić information content (AvgIpc) is 2.24. The van der Waals surface area contributed by atoms with Gasteiger partial charge in [-0.3, -0.25) is 0 Å². The molecule has 0 heterocycles. The van der Waals surface area contributed by atoms with Crippen LogP contribution in [-0.4, -0.2) is 39.5 Å². The van der Waals surface area contributed by atoms with Crippen LogP contribution in [-0.2, 0) is 17.7 Å². The van der Waals surface area contributed by atoms with Crippen molar-refractivity contribution in [2.24, 2.45) is 0 Å². The highest BCUT2D eigenvalue weighted by molar-refractivity contribution is 6.67. The van der Waals surface area contributed by atoms with E-state index in [0.29, 0.717) is 0 Å². The van der Waals surface area contributed by atoms with Gasteiger partial charge in [0.15, 0.2) is 0 Å². The topological polar surface area (TPSA) is 36.9 Å². The van der Waals surface area contributed by atoms with E-state index in [1.54, 1.807) is 0 Å². The van der Waals surface area contributed by atoms with Gasteiger partial charge in [0, 0.05) is 0 Å². The molecule has 6 heteroatoms. The minimum Gasteiger partial charge on any atom is -0.389 e. The van der Waals surface area contributed by atoms with E-state index < -0.39 is 17.1 Å². The Morgan fingerprint density at radius 3 is 0.750 bits per heavy atom. The van der Waals surface area contributed by atoms with E-state index in [1.165, 1.54) is 0 Å². The molecular formula is C22H50O4Si2. The lowest BCUT2D eigenvalue weighted by molar-refractivity contribution is 0.0142. The molecule has 0 aliphatic heterocycles. The summed E-state index contributed by atoms with van der Waals surface area (Å²) in [5.74, 6) is 0. The quantitative estimate of drug-likeness (QED) is 0.285. The maximum atomic E-state index is 6.46. The van der Waals surface area contributed by atoms with Crippen LogP contribution in [0, 0.1) is 0 Å². The zero-order chi connectivity index (χ0) is 22.7. The Morgan fingerprint density at radius 2 is 0.607 bits per heavy atom. The molecule has 0 aromatic heterocycles. The fourth-order valence-electron chi connectivity index (χ4n) is 3.73. The molecule has 0 bridgehead atoms. The summed E-state index contributed by atoms with van der Waals surface area (Å²) in [5, 5.41) is 0. The first-order chi connectivity index (χ1) is 12.0. The van der Waals surface area contributed by atoms with Gasteiger partial charge >= 0.3 is 17.1 Å². The molecule has 0 rings (SSSR count). The second-order valence-corrected chi connectivity index (χ2v) is 18.7. The van der Waals surface area contributed by atoms with Crippen LogP contribution in [0.4, 0.5) is 0 Å². The maximum absolute atomic E-state index is 6.46. The van der Waals surface area contributed by atoms with Crippen molar-refractivity contribution in [3.8, 4) is 0 Å². The zero-order valence-electron chi connectivity index (χ0n) is 21.5. The van der Waals surface area contributed by atoms with Crippen molar-refractivity contribution in [1.29, 1.82) is 0 Å². The second-order valence-electron chi connectivity index (χ2n) is 12.3. The van der Waals surface area contributed by atoms with Crippen molar-refractivity contribution in [2.75, 3.05) is 0 Å². The average molecular weight is 435 g/mol. The zero-order valence-corrected chi connectivity index (χ0v) is 23.5.